The lowest BCUT2D eigenvalue weighted by molar-refractivity contribution is -0.131. The highest BCUT2D eigenvalue weighted by atomic mass is 19.1. The summed E-state index contributed by atoms with van der Waals surface area (Å²) in [5.41, 5.74) is 1.08. The van der Waals surface area contributed by atoms with Crippen molar-refractivity contribution >= 4 is 11.7 Å². The summed E-state index contributed by atoms with van der Waals surface area (Å²) >= 11 is 0. The van der Waals surface area contributed by atoms with Crippen LogP contribution in [0.4, 0.5) is 4.39 Å². The minimum absolute atomic E-state index is 0.348. The van der Waals surface area contributed by atoms with Crippen molar-refractivity contribution in [3.8, 4) is 0 Å². The van der Waals surface area contributed by atoms with Crippen LogP contribution in [0, 0.1) is 5.82 Å². The van der Waals surface area contributed by atoms with Crippen molar-refractivity contribution in [1.29, 1.82) is 0 Å². The predicted octanol–water partition coefficient (Wildman–Crippen LogP) is 1.47. The summed E-state index contributed by atoms with van der Waals surface area (Å²) in [6.07, 6.45) is 1.03. The van der Waals surface area contributed by atoms with E-state index in [1.807, 2.05) is 0 Å². The van der Waals surface area contributed by atoms with E-state index >= 15 is 0 Å². The van der Waals surface area contributed by atoms with E-state index in [0.29, 0.717) is 11.3 Å². The Morgan fingerprint density at radius 2 is 2.00 bits per heavy atom. The maximum atomic E-state index is 12.6. The highest BCUT2D eigenvalue weighted by Crippen LogP contribution is 2.11. The second-order valence-corrected chi connectivity index (χ2v) is 2.65. The molecule has 74 valence electrons. The quantitative estimate of drug-likeness (QED) is 0.718. The Morgan fingerprint density at radius 1 is 1.43 bits per heavy atom. The summed E-state index contributed by atoms with van der Waals surface area (Å²) in [4.78, 5) is 10.4. The molecule has 4 heteroatoms. The van der Waals surface area contributed by atoms with Crippen molar-refractivity contribution in [2.45, 2.75) is 0 Å². The summed E-state index contributed by atoms with van der Waals surface area (Å²) in [5.74, 6) is -1.39. The lowest BCUT2D eigenvalue weighted by Crippen LogP contribution is -2.07. The molecule has 0 spiro atoms. The van der Waals surface area contributed by atoms with Crippen LogP contribution in [0.5, 0.6) is 0 Å². The highest BCUT2D eigenvalue weighted by molar-refractivity contribution is 5.89. The first kappa shape index (κ1) is 10.2. The fourth-order valence-corrected chi connectivity index (χ4v) is 1.05. The third-order valence-electron chi connectivity index (χ3n) is 1.69. The van der Waals surface area contributed by atoms with Crippen LogP contribution >= 0.6 is 0 Å². The SMILES string of the molecule is CNC(=CC(=O)O)c1ccc(F)cc1. The molecule has 1 aromatic rings. The van der Waals surface area contributed by atoms with Gasteiger partial charge in [0.1, 0.15) is 5.82 Å². The van der Waals surface area contributed by atoms with Crippen LogP contribution < -0.4 is 5.32 Å². The van der Waals surface area contributed by atoms with Crippen molar-refractivity contribution < 1.29 is 14.3 Å². The van der Waals surface area contributed by atoms with E-state index in [2.05, 4.69) is 5.32 Å². The van der Waals surface area contributed by atoms with Gasteiger partial charge in [-0.05, 0) is 29.8 Å². The van der Waals surface area contributed by atoms with Gasteiger partial charge in [-0.1, -0.05) is 0 Å². The van der Waals surface area contributed by atoms with E-state index in [9.17, 15) is 9.18 Å². The Balaban J connectivity index is 3.01. The molecular formula is C10H10FNO2. The van der Waals surface area contributed by atoms with Gasteiger partial charge in [0, 0.05) is 18.8 Å². The zero-order chi connectivity index (χ0) is 10.6. The number of hydrogen-bond acceptors (Lipinski definition) is 2. The summed E-state index contributed by atoms with van der Waals surface area (Å²) < 4.78 is 12.6. The zero-order valence-electron chi connectivity index (χ0n) is 7.62. The van der Waals surface area contributed by atoms with Crippen molar-refractivity contribution in [3.63, 3.8) is 0 Å². The average molecular weight is 195 g/mol. The smallest absolute Gasteiger partial charge is 0.330 e. The summed E-state index contributed by atoms with van der Waals surface area (Å²) in [5, 5.41) is 11.3. The molecule has 0 aliphatic heterocycles. The van der Waals surface area contributed by atoms with Crippen molar-refractivity contribution in [1.82, 2.24) is 5.32 Å². The van der Waals surface area contributed by atoms with E-state index in [-0.39, 0.29) is 5.82 Å². The predicted molar refractivity (Wildman–Crippen MR) is 51.1 cm³/mol. The minimum Gasteiger partial charge on any atom is -0.478 e. The lowest BCUT2D eigenvalue weighted by Gasteiger charge is -2.05. The Kier molecular flexibility index (Phi) is 3.23. The Labute approximate surface area is 80.9 Å². The maximum absolute atomic E-state index is 12.6. The average Bonchev–Trinajstić information content (AvgIpc) is 2.15. The fourth-order valence-electron chi connectivity index (χ4n) is 1.05. The second-order valence-electron chi connectivity index (χ2n) is 2.65. The van der Waals surface area contributed by atoms with E-state index in [1.165, 1.54) is 24.3 Å². The molecule has 0 atom stereocenters. The van der Waals surface area contributed by atoms with E-state index < -0.39 is 5.97 Å². The van der Waals surface area contributed by atoms with Crippen molar-refractivity contribution in [3.05, 3.63) is 41.7 Å². The molecule has 1 rings (SSSR count). The molecule has 2 N–H and O–H groups in total. The van der Waals surface area contributed by atoms with Crippen molar-refractivity contribution in [2.75, 3.05) is 7.05 Å². The second kappa shape index (κ2) is 4.41. The van der Waals surface area contributed by atoms with Crippen LogP contribution in [-0.4, -0.2) is 18.1 Å². The molecule has 0 fully saturated rings. The van der Waals surface area contributed by atoms with Gasteiger partial charge in [0.05, 0.1) is 0 Å². The van der Waals surface area contributed by atoms with E-state index in [1.54, 1.807) is 7.05 Å². The van der Waals surface area contributed by atoms with Crippen LogP contribution in [0.15, 0.2) is 30.3 Å². The van der Waals surface area contributed by atoms with Gasteiger partial charge in [0.25, 0.3) is 0 Å². The number of carbonyl (C=O) groups is 1. The molecule has 0 unspecified atom stereocenters. The molecule has 0 aromatic heterocycles. The van der Waals surface area contributed by atoms with Gasteiger partial charge in [-0.15, -0.1) is 0 Å². The summed E-state index contributed by atoms with van der Waals surface area (Å²) in [7, 11) is 1.61. The number of rotatable bonds is 3. The number of halogens is 1. The van der Waals surface area contributed by atoms with Crippen LogP contribution in [0.25, 0.3) is 5.70 Å². The first-order chi connectivity index (χ1) is 6.63. The van der Waals surface area contributed by atoms with Gasteiger partial charge >= 0.3 is 5.97 Å². The molecular weight excluding hydrogens is 185 g/mol. The molecule has 0 saturated heterocycles. The Bertz CT molecular complexity index is 357. The summed E-state index contributed by atoms with van der Waals surface area (Å²) in [6.45, 7) is 0. The van der Waals surface area contributed by atoms with E-state index in [0.717, 1.165) is 6.08 Å². The zero-order valence-corrected chi connectivity index (χ0v) is 7.62. The molecule has 3 nitrogen and oxygen atoms in total. The third-order valence-corrected chi connectivity index (χ3v) is 1.69. The molecule has 0 aliphatic rings. The molecule has 0 amide bonds. The van der Waals surface area contributed by atoms with Gasteiger partial charge < -0.3 is 10.4 Å². The van der Waals surface area contributed by atoms with Gasteiger partial charge in [0.2, 0.25) is 0 Å². The Hall–Kier alpha value is -1.84. The molecule has 0 heterocycles. The minimum atomic E-state index is -1.04. The standard InChI is InChI=1S/C10H10FNO2/c1-12-9(6-10(13)14)7-2-4-8(11)5-3-7/h2-6,12H,1H3,(H,13,14). The first-order valence-corrected chi connectivity index (χ1v) is 4.02. The van der Waals surface area contributed by atoms with Crippen LogP contribution in [0.1, 0.15) is 5.56 Å². The molecule has 0 bridgehead atoms. The molecule has 0 saturated carbocycles. The molecule has 1 aromatic carbocycles. The lowest BCUT2D eigenvalue weighted by atomic mass is 10.1. The Morgan fingerprint density at radius 3 is 2.43 bits per heavy atom. The number of carboxylic acid groups (broad SMARTS) is 1. The molecule has 0 aliphatic carbocycles. The van der Waals surface area contributed by atoms with Crippen LogP contribution in [-0.2, 0) is 4.79 Å². The first-order valence-electron chi connectivity index (χ1n) is 4.02. The van der Waals surface area contributed by atoms with Gasteiger partial charge in [0.15, 0.2) is 0 Å². The van der Waals surface area contributed by atoms with Crippen LogP contribution in [0.2, 0.25) is 0 Å². The number of carboxylic acids is 1. The number of nitrogens with one attached hydrogen (secondary N) is 1. The summed E-state index contributed by atoms with van der Waals surface area (Å²) in [6, 6.07) is 5.59. The van der Waals surface area contributed by atoms with Crippen LogP contribution in [0.3, 0.4) is 0 Å². The monoisotopic (exact) mass is 195 g/mol. The largest absolute Gasteiger partial charge is 0.478 e. The van der Waals surface area contributed by atoms with Gasteiger partial charge in [-0.2, -0.15) is 0 Å². The molecule has 14 heavy (non-hydrogen) atoms. The van der Waals surface area contributed by atoms with Gasteiger partial charge in [-0.25, -0.2) is 9.18 Å². The normalized spacial score (nSPS) is 11.1. The third kappa shape index (κ3) is 2.58. The van der Waals surface area contributed by atoms with Gasteiger partial charge in [-0.3, -0.25) is 0 Å². The van der Waals surface area contributed by atoms with E-state index in [4.69, 9.17) is 5.11 Å². The van der Waals surface area contributed by atoms with Crippen molar-refractivity contribution in [2.24, 2.45) is 0 Å². The number of aliphatic carboxylic acids is 1. The maximum Gasteiger partial charge on any atom is 0.330 e. The fraction of sp³-hybridized carbons (Fsp3) is 0.100. The number of benzene rings is 1. The highest BCUT2D eigenvalue weighted by Gasteiger charge is 2.01. The number of hydrogen-bond donors (Lipinski definition) is 2. The molecule has 0 radical (unpaired) electrons. The topological polar surface area (TPSA) is 49.3 Å².